The molecule has 0 amide bonds. The number of benzene rings is 1. The van der Waals surface area contributed by atoms with Crippen LogP contribution in [0.25, 0.3) is 6.08 Å². The van der Waals surface area contributed by atoms with E-state index in [4.69, 9.17) is 10.5 Å². The van der Waals surface area contributed by atoms with Crippen LogP contribution >= 0.6 is 15.9 Å². The van der Waals surface area contributed by atoms with Crippen LogP contribution < -0.4 is 10.5 Å². The van der Waals surface area contributed by atoms with Gasteiger partial charge in [-0.2, -0.15) is 0 Å². The standard InChI is InChI=1S/C11H13BrFNO/c1-15-11-6-8(4-2-3-5-12)9(13)7-10(11)14/h2,4,6-7H,3,5,14H2,1H3. The lowest BCUT2D eigenvalue weighted by Crippen LogP contribution is -1.95. The third-order valence-electron chi connectivity index (χ3n) is 1.92. The van der Waals surface area contributed by atoms with E-state index in [1.807, 2.05) is 6.08 Å². The van der Waals surface area contributed by atoms with Crippen molar-refractivity contribution in [1.82, 2.24) is 0 Å². The fraction of sp³-hybridized carbons (Fsp3) is 0.273. The van der Waals surface area contributed by atoms with E-state index in [0.29, 0.717) is 17.0 Å². The summed E-state index contributed by atoms with van der Waals surface area (Å²) in [6.45, 7) is 0. The molecule has 0 saturated heterocycles. The summed E-state index contributed by atoms with van der Waals surface area (Å²) in [6.07, 6.45) is 4.47. The molecule has 2 N–H and O–H groups in total. The van der Waals surface area contributed by atoms with E-state index in [2.05, 4.69) is 15.9 Å². The predicted molar refractivity (Wildman–Crippen MR) is 64.8 cm³/mol. The van der Waals surface area contributed by atoms with Crippen LogP contribution in [0.2, 0.25) is 0 Å². The van der Waals surface area contributed by atoms with Crippen LogP contribution in [0.1, 0.15) is 12.0 Å². The molecule has 0 aliphatic rings. The van der Waals surface area contributed by atoms with E-state index in [1.165, 1.54) is 13.2 Å². The van der Waals surface area contributed by atoms with E-state index in [-0.39, 0.29) is 5.82 Å². The molecule has 0 unspecified atom stereocenters. The lowest BCUT2D eigenvalue weighted by molar-refractivity contribution is 0.416. The zero-order valence-corrected chi connectivity index (χ0v) is 10.1. The van der Waals surface area contributed by atoms with Gasteiger partial charge in [-0.05, 0) is 12.5 Å². The Morgan fingerprint density at radius 1 is 1.53 bits per heavy atom. The van der Waals surface area contributed by atoms with Crippen molar-refractivity contribution in [3.05, 3.63) is 29.6 Å². The van der Waals surface area contributed by atoms with E-state index in [9.17, 15) is 4.39 Å². The van der Waals surface area contributed by atoms with E-state index in [1.54, 1.807) is 12.1 Å². The first-order valence-electron chi connectivity index (χ1n) is 4.54. The van der Waals surface area contributed by atoms with E-state index < -0.39 is 0 Å². The summed E-state index contributed by atoms with van der Waals surface area (Å²) in [5, 5.41) is 0.858. The summed E-state index contributed by atoms with van der Waals surface area (Å²) in [5.74, 6) is 0.161. The van der Waals surface area contributed by atoms with Gasteiger partial charge in [-0.15, -0.1) is 0 Å². The molecular weight excluding hydrogens is 261 g/mol. The summed E-state index contributed by atoms with van der Waals surface area (Å²) >= 11 is 3.29. The average molecular weight is 274 g/mol. The molecule has 15 heavy (non-hydrogen) atoms. The molecule has 0 saturated carbocycles. The number of hydrogen-bond acceptors (Lipinski definition) is 2. The van der Waals surface area contributed by atoms with Gasteiger partial charge in [0.2, 0.25) is 0 Å². The van der Waals surface area contributed by atoms with Gasteiger partial charge in [0.1, 0.15) is 11.6 Å². The second-order valence-corrected chi connectivity index (χ2v) is 3.79. The number of allylic oxidation sites excluding steroid dienone is 1. The van der Waals surface area contributed by atoms with Crippen LogP contribution in [0.4, 0.5) is 10.1 Å². The van der Waals surface area contributed by atoms with Crippen LogP contribution in [0.15, 0.2) is 18.2 Å². The van der Waals surface area contributed by atoms with Crippen molar-refractivity contribution in [2.24, 2.45) is 0 Å². The molecule has 0 spiro atoms. The Morgan fingerprint density at radius 2 is 2.27 bits per heavy atom. The van der Waals surface area contributed by atoms with Gasteiger partial charge in [-0.1, -0.05) is 28.1 Å². The lowest BCUT2D eigenvalue weighted by atomic mass is 10.1. The van der Waals surface area contributed by atoms with E-state index >= 15 is 0 Å². The first kappa shape index (κ1) is 12.0. The number of anilines is 1. The van der Waals surface area contributed by atoms with Crippen molar-refractivity contribution in [1.29, 1.82) is 0 Å². The van der Waals surface area contributed by atoms with Gasteiger partial charge >= 0.3 is 0 Å². The summed E-state index contributed by atoms with van der Waals surface area (Å²) in [6, 6.07) is 2.86. The van der Waals surface area contributed by atoms with Gasteiger partial charge in [0.25, 0.3) is 0 Å². The molecule has 1 aromatic carbocycles. The molecule has 0 radical (unpaired) electrons. The molecule has 82 valence electrons. The SMILES string of the molecule is COc1cc(C=CCCBr)c(F)cc1N. The molecule has 4 heteroatoms. The highest BCUT2D eigenvalue weighted by atomic mass is 79.9. The molecule has 0 atom stereocenters. The Kier molecular flexibility index (Phi) is 4.62. The molecule has 0 aromatic heterocycles. The molecule has 1 rings (SSSR count). The maximum Gasteiger partial charge on any atom is 0.142 e. The van der Waals surface area contributed by atoms with Gasteiger partial charge in [0, 0.05) is 17.0 Å². The number of nitrogen functional groups attached to an aromatic ring is 1. The van der Waals surface area contributed by atoms with Crippen molar-refractivity contribution in [2.75, 3.05) is 18.2 Å². The van der Waals surface area contributed by atoms with Crippen LogP contribution in [-0.2, 0) is 0 Å². The second-order valence-electron chi connectivity index (χ2n) is 3.00. The van der Waals surface area contributed by atoms with Crippen LogP contribution in [0, 0.1) is 5.82 Å². The normalized spacial score (nSPS) is 10.9. The maximum absolute atomic E-state index is 13.4. The fourth-order valence-electron chi connectivity index (χ4n) is 1.16. The largest absolute Gasteiger partial charge is 0.495 e. The molecule has 1 aromatic rings. The van der Waals surface area contributed by atoms with Gasteiger partial charge < -0.3 is 10.5 Å². The summed E-state index contributed by atoms with van der Waals surface area (Å²) < 4.78 is 18.4. The minimum absolute atomic E-state index is 0.313. The average Bonchev–Trinajstić information content (AvgIpc) is 2.21. The minimum atomic E-state index is -0.334. The number of rotatable bonds is 4. The summed E-state index contributed by atoms with van der Waals surface area (Å²) in [7, 11) is 1.51. The Balaban J connectivity index is 2.97. The smallest absolute Gasteiger partial charge is 0.142 e. The van der Waals surface area contributed by atoms with Crippen molar-refractivity contribution in [2.45, 2.75) is 6.42 Å². The predicted octanol–water partition coefficient (Wildman–Crippen LogP) is 3.21. The quantitative estimate of drug-likeness (QED) is 0.676. The number of ether oxygens (including phenoxy) is 1. The zero-order valence-electron chi connectivity index (χ0n) is 8.47. The molecule has 0 heterocycles. The van der Waals surface area contributed by atoms with Crippen molar-refractivity contribution in [3.8, 4) is 5.75 Å². The highest BCUT2D eigenvalue weighted by Gasteiger charge is 2.05. The Hall–Kier alpha value is -1.03. The fourth-order valence-corrected chi connectivity index (χ4v) is 1.43. The van der Waals surface area contributed by atoms with Crippen LogP contribution in [0.3, 0.4) is 0 Å². The lowest BCUT2D eigenvalue weighted by Gasteiger charge is -2.06. The topological polar surface area (TPSA) is 35.2 Å². The number of alkyl halides is 1. The molecule has 0 fully saturated rings. The molecule has 2 nitrogen and oxygen atoms in total. The molecule has 0 bridgehead atoms. The van der Waals surface area contributed by atoms with Crippen molar-refractivity contribution >= 4 is 27.7 Å². The number of hydrogen-bond donors (Lipinski definition) is 1. The molecule has 0 aliphatic heterocycles. The Labute approximate surface area is 97.1 Å². The van der Waals surface area contributed by atoms with Crippen molar-refractivity contribution in [3.63, 3.8) is 0 Å². The van der Waals surface area contributed by atoms with Crippen LogP contribution in [-0.4, -0.2) is 12.4 Å². The molecule has 0 aliphatic carbocycles. The van der Waals surface area contributed by atoms with Gasteiger partial charge in [0.05, 0.1) is 12.8 Å². The summed E-state index contributed by atoms with van der Waals surface area (Å²) in [4.78, 5) is 0. The number of nitrogens with two attached hydrogens (primary N) is 1. The van der Waals surface area contributed by atoms with Crippen molar-refractivity contribution < 1.29 is 9.13 Å². The summed E-state index contributed by atoms with van der Waals surface area (Å²) in [5.41, 5.74) is 6.36. The third kappa shape index (κ3) is 3.23. The Bertz CT molecular complexity index is 366. The minimum Gasteiger partial charge on any atom is -0.495 e. The highest BCUT2D eigenvalue weighted by molar-refractivity contribution is 9.09. The third-order valence-corrected chi connectivity index (χ3v) is 2.38. The highest BCUT2D eigenvalue weighted by Crippen LogP contribution is 2.25. The van der Waals surface area contributed by atoms with E-state index in [0.717, 1.165) is 11.8 Å². The molecular formula is C11H13BrFNO. The number of halogens is 2. The first-order chi connectivity index (χ1) is 7.19. The monoisotopic (exact) mass is 273 g/mol. The number of methoxy groups -OCH3 is 1. The van der Waals surface area contributed by atoms with Gasteiger partial charge in [-0.3, -0.25) is 0 Å². The second kappa shape index (κ2) is 5.75. The van der Waals surface area contributed by atoms with Gasteiger partial charge in [0.15, 0.2) is 0 Å². The zero-order chi connectivity index (χ0) is 11.3. The van der Waals surface area contributed by atoms with Gasteiger partial charge in [-0.25, -0.2) is 4.39 Å². The van der Waals surface area contributed by atoms with Crippen LogP contribution in [0.5, 0.6) is 5.75 Å². The maximum atomic E-state index is 13.4. The first-order valence-corrected chi connectivity index (χ1v) is 5.66. The Morgan fingerprint density at radius 3 is 2.87 bits per heavy atom.